The summed E-state index contributed by atoms with van der Waals surface area (Å²) in [6, 6.07) is 9.02. The molecule has 0 atom stereocenters. The lowest BCUT2D eigenvalue weighted by Gasteiger charge is -2.11. The summed E-state index contributed by atoms with van der Waals surface area (Å²) in [5.74, 6) is 0.421. The maximum Gasteiger partial charge on any atom is 0.348 e. The van der Waals surface area contributed by atoms with Gasteiger partial charge in [-0.2, -0.15) is 4.98 Å². The van der Waals surface area contributed by atoms with Crippen LogP contribution in [0.1, 0.15) is 21.7 Å². The molecule has 0 bridgehead atoms. The molecule has 1 amide bonds. The second-order valence-electron chi connectivity index (χ2n) is 6.31. The van der Waals surface area contributed by atoms with Gasteiger partial charge in [0.1, 0.15) is 5.69 Å². The van der Waals surface area contributed by atoms with Gasteiger partial charge in [0.15, 0.2) is 5.82 Å². The van der Waals surface area contributed by atoms with E-state index in [1.807, 2.05) is 19.1 Å². The third kappa shape index (κ3) is 4.22. The summed E-state index contributed by atoms with van der Waals surface area (Å²) < 4.78 is 1.54. The number of nitrogens with one attached hydrogen (secondary N) is 2. The molecular formula is C20H22N6O2. The molecule has 0 radical (unpaired) electrons. The topological polar surface area (TPSA) is 102 Å². The molecule has 1 aromatic carbocycles. The van der Waals surface area contributed by atoms with E-state index in [0.29, 0.717) is 35.9 Å². The number of carbonyl (C=O) groups is 1. The van der Waals surface area contributed by atoms with Crippen LogP contribution in [0.25, 0.3) is 11.3 Å². The molecule has 2 heterocycles. The Morgan fingerprint density at radius 1 is 1.14 bits per heavy atom. The smallest absolute Gasteiger partial charge is 0.348 e. The normalized spacial score (nSPS) is 10.5. The van der Waals surface area contributed by atoms with Gasteiger partial charge < -0.3 is 10.6 Å². The van der Waals surface area contributed by atoms with E-state index in [0.717, 1.165) is 11.3 Å². The van der Waals surface area contributed by atoms with Crippen molar-refractivity contribution < 1.29 is 4.79 Å². The molecule has 0 saturated heterocycles. The van der Waals surface area contributed by atoms with E-state index in [1.165, 1.54) is 0 Å². The largest absolute Gasteiger partial charge is 0.371 e. The number of benzene rings is 1. The van der Waals surface area contributed by atoms with Crippen LogP contribution >= 0.6 is 0 Å². The highest BCUT2D eigenvalue weighted by atomic mass is 16.2. The third-order valence-corrected chi connectivity index (χ3v) is 4.30. The number of carbonyl (C=O) groups excluding carboxylic acids is 1. The molecule has 3 aromatic rings. The van der Waals surface area contributed by atoms with Gasteiger partial charge in [-0.05, 0) is 32.0 Å². The van der Waals surface area contributed by atoms with Crippen LogP contribution < -0.4 is 16.3 Å². The highest BCUT2D eigenvalue weighted by molar-refractivity contribution is 5.95. The number of rotatable bonds is 6. The Morgan fingerprint density at radius 3 is 2.68 bits per heavy atom. The Kier molecular flexibility index (Phi) is 5.78. The van der Waals surface area contributed by atoms with Crippen LogP contribution in [0.15, 0.2) is 47.5 Å². The molecule has 0 aliphatic rings. The van der Waals surface area contributed by atoms with Gasteiger partial charge in [-0.15, -0.1) is 0 Å². The van der Waals surface area contributed by atoms with Gasteiger partial charge in [0, 0.05) is 55.0 Å². The zero-order chi connectivity index (χ0) is 20.1. The summed E-state index contributed by atoms with van der Waals surface area (Å²) >= 11 is 0. The Bertz CT molecular complexity index is 1060. The van der Waals surface area contributed by atoms with Crippen LogP contribution in [0.3, 0.4) is 0 Å². The minimum absolute atomic E-state index is 0.220. The zero-order valence-corrected chi connectivity index (χ0v) is 16.1. The standard InChI is InChI=1S/C20H22N6O2/c1-13-11-14(2)26(20(28)25-13)10-9-24-19(27)16-6-4-5-15(12-16)17-18(21-3)23-8-7-22-17/h4-8,11-12H,9-10H2,1-3H3,(H,21,23)(H,24,27). The third-order valence-electron chi connectivity index (χ3n) is 4.30. The Morgan fingerprint density at radius 2 is 1.93 bits per heavy atom. The van der Waals surface area contributed by atoms with E-state index >= 15 is 0 Å². The maximum atomic E-state index is 12.5. The molecule has 8 heteroatoms. The minimum Gasteiger partial charge on any atom is -0.371 e. The van der Waals surface area contributed by atoms with E-state index in [-0.39, 0.29) is 11.6 Å². The van der Waals surface area contributed by atoms with E-state index in [2.05, 4.69) is 25.6 Å². The molecule has 2 N–H and O–H groups in total. The first-order valence-corrected chi connectivity index (χ1v) is 8.92. The number of hydrogen-bond donors (Lipinski definition) is 2. The lowest BCUT2D eigenvalue weighted by atomic mass is 10.1. The van der Waals surface area contributed by atoms with Gasteiger partial charge in [0.25, 0.3) is 5.91 Å². The summed E-state index contributed by atoms with van der Waals surface area (Å²) in [7, 11) is 1.77. The zero-order valence-electron chi connectivity index (χ0n) is 16.1. The maximum absolute atomic E-state index is 12.5. The first-order chi connectivity index (χ1) is 13.5. The van der Waals surface area contributed by atoms with Gasteiger partial charge in [-0.25, -0.2) is 9.78 Å². The second kappa shape index (κ2) is 8.43. The number of aryl methyl sites for hydroxylation is 2. The summed E-state index contributed by atoms with van der Waals surface area (Å²) in [5.41, 5.74) is 3.17. The quantitative estimate of drug-likeness (QED) is 0.678. The predicted molar refractivity (Wildman–Crippen MR) is 107 cm³/mol. The van der Waals surface area contributed by atoms with Crippen molar-refractivity contribution in [2.24, 2.45) is 0 Å². The molecule has 144 valence electrons. The Hall–Kier alpha value is -3.55. The number of anilines is 1. The number of hydrogen-bond acceptors (Lipinski definition) is 6. The lowest BCUT2D eigenvalue weighted by Crippen LogP contribution is -2.33. The fourth-order valence-corrected chi connectivity index (χ4v) is 2.97. The second-order valence-corrected chi connectivity index (χ2v) is 6.31. The van der Waals surface area contributed by atoms with Gasteiger partial charge in [-0.1, -0.05) is 12.1 Å². The molecule has 3 rings (SSSR count). The van der Waals surface area contributed by atoms with Crippen molar-refractivity contribution in [3.8, 4) is 11.3 Å². The number of amides is 1. The van der Waals surface area contributed by atoms with Crippen LogP contribution in [0.2, 0.25) is 0 Å². The monoisotopic (exact) mass is 378 g/mol. The summed E-state index contributed by atoms with van der Waals surface area (Å²) in [6.45, 7) is 4.31. The van der Waals surface area contributed by atoms with Crippen molar-refractivity contribution in [2.75, 3.05) is 18.9 Å². The van der Waals surface area contributed by atoms with Gasteiger partial charge >= 0.3 is 5.69 Å². The fourth-order valence-electron chi connectivity index (χ4n) is 2.97. The SMILES string of the molecule is CNc1nccnc1-c1cccc(C(=O)NCCn2c(C)cc(C)nc2=O)c1. The molecule has 0 fully saturated rings. The van der Waals surface area contributed by atoms with Gasteiger partial charge in [0.05, 0.1) is 0 Å². The Balaban J connectivity index is 1.71. The molecule has 28 heavy (non-hydrogen) atoms. The van der Waals surface area contributed by atoms with E-state index in [4.69, 9.17) is 0 Å². The molecular weight excluding hydrogens is 356 g/mol. The van der Waals surface area contributed by atoms with Gasteiger partial charge in [0.2, 0.25) is 0 Å². The molecule has 0 unspecified atom stereocenters. The van der Waals surface area contributed by atoms with Crippen molar-refractivity contribution in [3.63, 3.8) is 0 Å². The Labute approximate surface area is 162 Å². The van der Waals surface area contributed by atoms with Crippen LogP contribution in [-0.2, 0) is 6.54 Å². The lowest BCUT2D eigenvalue weighted by molar-refractivity contribution is 0.0952. The molecule has 2 aromatic heterocycles. The van der Waals surface area contributed by atoms with Crippen LogP contribution in [0.5, 0.6) is 0 Å². The van der Waals surface area contributed by atoms with Crippen molar-refractivity contribution in [1.82, 2.24) is 24.8 Å². The molecule has 0 spiro atoms. The van der Waals surface area contributed by atoms with Gasteiger partial charge in [-0.3, -0.25) is 14.3 Å². The predicted octanol–water partition coefficient (Wildman–Crippen LogP) is 1.79. The number of aromatic nitrogens is 4. The highest BCUT2D eigenvalue weighted by Gasteiger charge is 2.11. The molecule has 0 saturated carbocycles. The van der Waals surface area contributed by atoms with Crippen molar-refractivity contribution in [1.29, 1.82) is 0 Å². The van der Waals surface area contributed by atoms with E-state index < -0.39 is 0 Å². The highest BCUT2D eigenvalue weighted by Crippen LogP contribution is 2.23. The first-order valence-electron chi connectivity index (χ1n) is 8.92. The summed E-state index contributed by atoms with van der Waals surface area (Å²) in [6.07, 6.45) is 3.22. The van der Waals surface area contributed by atoms with Crippen LogP contribution in [0, 0.1) is 13.8 Å². The minimum atomic E-state index is -0.309. The summed E-state index contributed by atoms with van der Waals surface area (Å²) in [4.78, 5) is 37.0. The summed E-state index contributed by atoms with van der Waals surface area (Å²) in [5, 5.41) is 5.84. The first kappa shape index (κ1) is 19.2. The van der Waals surface area contributed by atoms with Crippen molar-refractivity contribution in [2.45, 2.75) is 20.4 Å². The number of nitrogens with zero attached hydrogens (tertiary/aromatic N) is 4. The van der Waals surface area contributed by atoms with E-state index in [1.54, 1.807) is 49.1 Å². The van der Waals surface area contributed by atoms with E-state index in [9.17, 15) is 9.59 Å². The molecule has 0 aliphatic carbocycles. The van der Waals surface area contributed by atoms with Crippen LogP contribution in [-0.4, -0.2) is 39.0 Å². The van der Waals surface area contributed by atoms with Crippen molar-refractivity contribution >= 4 is 11.7 Å². The molecule has 8 nitrogen and oxygen atoms in total. The van der Waals surface area contributed by atoms with Crippen molar-refractivity contribution in [3.05, 3.63) is 70.2 Å². The fraction of sp³-hybridized carbons (Fsp3) is 0.250. The van der Waals surface area contributed by atoms with Crippen LogP contribution in [0.4, 0.5) is 5.82 Å². The average molecular weight is 378 g/mol. The average Bonchev–Trinajstić information content (AvgIpc) is 2.69. The molecule has 0 aliphatic heterocycles.